The van der Waals surface area contributed by atoms with E-state index in [4.69, 9.17) is 5.73 Å². The Hall–Kier alpha value is -1.62. The van der Waals surface area contributed by atoms with Gasteiger partial charge in [0.15, 0.2) is 0 Å². The molecule has 0 aliphatic heterocycles. The van der Waals surface area contributed by atoms with E-state index in [1.54, 1.807) is 6.07 Å². The van der Waals surface area contributed by atoms with Crippen molar-refractivity contribution >= 4 is 11.4 Å². The van der Waals surface area contributed by atoms with Crippen LogP contribution in [0.4, 0.5) is 11.4 Å². The van der Waals surface area contributed by atoms with Gasteiger partial charge >= 0.3 is 0 Å². The number of nitrogens with two attached hydrogens (primary N) is 1. The zero-order chi connectivity index (χ0) is 13.8. The first-order valence-electron chi connectivity index (χ1n) is 6.85. The molecule has 0 spiro atoms. The summed E-state index contributed by atoms with van der Waals surface area (Å²) in [4.78, 5) is 10.8. The van der Waals surface area contributed by atoms with Gasteiger partial charge in [0.25, 0.3) is 5.69 Å². The van der Waals surface area contributed by atoms with Crippen LogP contribution in [0.15, 0.2) is 18.2 Å². The fraction of sp³-hybridized carbons (Fsp3) is 0.571. The molecule has 5 nitrogen and oxygen atoms in total. The molecule has 1 aliphatic carbocycles. The van der Waals surface area contributed by atoms with Crippen LogP contribution < -0.4 is 11.1 Å². The van der Waals surface area contributed by atoms with Gasteiger partial charge < -0.3 is 11.1 Å². The quantitative estimate of drug-likeness (QED) is 0.499. The van der Waals surface area contributed by atoms with Crippen LogP contribution in [0.25, 0.3) is 0 Å². The van der Waals surface area contributed by atoms with Crippen molar-refractivity contribution in [3.05, 3.63) is 33.9 Å². The van der Waals surface area contributed by atoms with E-state index in [0.717, 1.165) is 31.2 Å². The molecule has 2 unspecified atom stereocenters. The lowest BCUT2D eigenvalue weighted by Gasteiger charge is -2.24. The van der Waals surface area contributed by atoms with E-state index >= 15 is 0 Å². The molecule has 1 aromatic rings. The lowest BCUT2D eigenvalue weighted by atomic mass is 10.0. The third-order valence-corrected chi connectivity index (χ3v) is 3.85. The molecule has 104 valence electrons. The molecule has 1 aliphatic rings. The summed E-state index contributed by atoms with van der Waals surface area (Å²) in [7, 11) is 0. The minimum Gasteiger partial charge on any atom is -0.375 e. The largest absolute Gasteiger partial charge is 0.375 e. The predicted molar refractivity (Wildman–Crippen MR) is 76.3 cm³/mol. The zero-order valence-corrected chi connectivity index (χ0v) is 11.3. The van der Waals surface area contributed by atoms with Crippen LogP contribution in [0, 0.1) is 17.0 Å². The summed E-state index contributed by atoms with van der Waals surface area (Å²) in [6.45, 7) is 1.89. The minimum atomic E-state index is -0.336. The standard InChI is InChI=1S/C14H21N3O2/c1-10-6-5-9-13(17(18)19)14(10)16-12-8-4-2-3-7-11(12)15/h5-6,9,11-12,16H,2-4,7-8,15H2,1H3. The molecule has 5 heteroatoms. The summed E-state index contributed by atoms with van der Waals surface area (Å²) >= 11 is 0. The minimum absolute atomic E-state index is 0.0710. The first-order valence-corrected chi connectivity index (χ1v) is 6.85. The van der Waals surface area contributed by atoms with Gasteiger partial charge in [0.2, 0.25) is 0 Å². The van der Waals surface area contributed by atoms with Gasteiger partial charge in [-0.2, -0.15) is 0 Å². The highest BCUT2D eigenvalue weighted by Crippen LogP contribution is 2.30. The molecule has 3 N–H and O–H groups in total. The summed E-state index contributed by atoms with van der Waals surface area (Å²) in [5.41, 5.74) is 7.82. The van der Waals surface area contributed by atoms with Crippen molar-refractivity contribution in [1.82, 2.24) is 0 Å². The molecule has 0 bridgehead atoms. The van der Waals surface area contributed by atoms with Crippen LogP contribution in [0.5, 0.6) is 0 Å². The van der Waals surface area contributed by atoms with E-state index in [2.05, 4.69) is 5.32 Å². The van der Waals surface area contributed by atoms with Crippen molar-refractivity contribution in [3.8, 4) is 0 Å². The van der Waals surface area contributed by atoms with Crippen LogP contribution in [-0.2, 0) is 0 Å². The highest BCUT2D eigenvalue weighted by atomic mass is 16.6. The number of nitro benzene ring substituents is 1. The number of anilines is 1. The highest BCUT2D eigenvalue weighted by molar-refractivity contribution is 5.66. The average Bonchev–Trinajstić information content (AvgIpc) is 2.57. The molecule has 1 aromatic carbocycles. The van der Waals surface area contributed by atoms with Gasteiger partial charge in [-0.25, -0.2) is 0 Å². The Labute approximate surface area is 113 Å². The van der Waals surface area contributed by atoms with Crippen molar-refractivity contribution in [1.29, 1.82) is 0 Å². The number of rotatable bonds is 3. The van der Waals surface area contributed by atoms with Crippen LogP contribution in [0.1, 0.15) is 37.7 Å². The summed E-state index contributed by atoms with van der Waals surface area (Å²) in [6, 6.07) is 5.34. The molecule has 0 saturated heterocycles. The fourth-order valence-electron chi connectivity index (χ4n) is 2.69. The lowest BCUT2D eigenvalue weighted by Crippen LogP contribution is -2.39. The van der Waals surface area contributed by atoms with Gasteiger partial charge in [-0.1, -0.05) is 31.4 Å². The molecule has 0 aromatic heterocycles. The monoisotopic (exact) mass is 263 g/mol. The van der Waals surface area contributed by atoms with Crippen molar-refractivity contribution in [3.63, 3.8) is 0 Å². The maximum absolute atomic E-state index is 11.1. The van der Waals surface area contributed by atoms with E-state index in [1.807, 2.05) is 13.0 Å². The summed E-state index contributed by atoms with van der Waals surface area (Å²) in [5, 5.41) is 14.4. The van der Waals surface area contributed by atoms with E-state index in [0.29, 0.717) is 5.69 Å². The Balaban J connectivity index is 2.24. The van der Waals surface area contributed by atoms with Gasteiger partial charge in [0, 0.05) is 18.2 Å². The Morgan fingerprint density at radius 3 is 2.79 bits per heavy atom. The van der Waals surface area contributed by atoms with Gasteiger partial charge in [-0.15, -0.1) is 0 Å². The second kappa shape index (κ2) is 6.02. The second-order valence-electron chi connectivity index (χ2n) is 5.28. The van der Waals surface area contributed by atoms with Crippen LogP contribution in [-0.4, -0.2) is 17.0 Å². The SMILES string of the molecule is Cc1cccc([N+](=O)[O-])c1NC1CCCCCC1N. The number of nitro groups is 1. The number of nitrogens with zero attached hydrogens (tertiary/aromatic N) is 1. The Bertz CT molecular complexity index is 462. The molecule has 1 saturated carbocycles. The van der Waals surface area contributed by atoms with E-state index in [-0.39, 0.29) is 22.7 Å². The van der Waals surface area contributed by atoms with Crippen molar-refractivity contribution < 1.29 is 4.92 Å². The van der Waals surface area contributed by atoms with E-state index < -0.39 is 0 Å². The zero-order valence-electron chi connectivity index (χ0n) is 11.3. The average molecular weight is 263 g/mol. The number of hydrogen-bond donors (Lipinski definition) is 2. The molecule has 1 fully saturated rings. The number of para-hydroxylation sites is 1. The number of hydrogen-bond acceptors (Lipinski definition) is 4. The maximum atomic E-state index is 11.1. The van der Waals surface area contributed by atoms with Crippen molar-refractivity contribution in [2.24, 2.45) is 5.73 Å². The van der Waals surface area contributed by atoms with Gasteiger partial charge in [-0.3, -0.25) is 10.1 Å². The van der Waals surface area contributed by atoms with E-state index in [9.17, 15) is 10.1 Å². The van der Waals surface area contributed by atoms with Crippen LogP contribution in [0.2, 0.25) is 0 Å². The van der Waals surface area contributed by atoms with Gasteiger partial charge in [0.1, 0.15) is 5.69 Å². The molecule has 0 radical (unpaired) electrons. The number of aryl methyl sites for hydroxylation is 1. The third-order valence-electron chi connectivity index (χ3n) is 3.85. The van der Waals surface area contributed by atoms with Crippen LogP contribution >= 0.6 is 0 Å². The van der Waals surface area contributed by atoms with E-state index in [1.165, 1.54) is 12.5 Å². The molecule has 2 rings (SSSR count). The first kappa shape index (κ1) is 13.8. The second-order valence-corrected chi connectivity index (χ2v) is 5.28. The predicted octanol–water partition coefficient (Wildman–Crippen LogP) is 2.98. The first-order chi connectivity index (χ1) is 9.09. The number of nitrogens with one attached hydrogen (secondary N) is 1. The smallest absolute Gasteiger partial charge is 0.292 e. The molecule has 2 atom stereocenters. The highest BCUT2D eigenvalue weighted by Gasteiger charge is 2.24. The number of benzene rings is 1. The van der Waals surface area contributed by atoms with Crippen LogP contribution in [0.3, 0.4) is 0 Å². The maximum Gasteiger partial charge on any atom is 0.292 e. The summed E-state index contributed by atoms with van der Waals surface area (Å²) in [6.07, 6.45) is 5.44. The molecular weight excluding hydrogens is 242 g/mol. The Morgan fingerprint density at radius 1 is 1.32 bits per heavy atom. The molecule has 0 amide bonds. The molecule has 19 heavy (non-hydrogen) atoms. The molecular formula is C14H21N3O2. The summed E-state index contributed by atoms with van der Waals surface area (Å²) in [5.74, 6) is 0. The normalized spacial score (nSPS) is 23.7. The van der Waals surface area contributed by atoms with Gasteiger partial charge in [0.05, 0.1) is 4.92 Å². The Kier molecular flexibility index (Phi) is 4.37. The topological polar surface area (TPSA) is 81.2 Å². The van der Waals surface area contributed by atoms with Crippen molar-refractivity contribution in [2.75, 3.05) is 5.32 Å². The lowest BCUT2D eigenvalue weighted by molar-refractivity contribution is -0.384. The molecule has 0 heterocycles. The fourth-order valence-corrected chi connectivity index (χ4v) is 2.69. The van der Waals surface area contributed by atoms with Gasteiger partial charge in [-0.05, 0) is 25.3 Å². The summed E-state index contributed by atoms with van der Waals surface area (Å²) < 4.78 is 0. The van der Waals surface area contributed by atoms with Crippen molar-refractivity contribution in [2.45, 2.75) is 51.1 Å². The Morgan fingerprint density at radius 2 is 2.05 bits per heavy atom. The third kappa shape index (κ3) is 3.23.